The van der Waals surface area contributed by atoms with Crippen LogP contribution < -0.4 is 10.1 Å². The second-order valence-corrected chi connectivity index (χ2v) is 5.99. The predicted molar refractivity (Wildman–Crippen MR) is 82.1 cm³/mol. The number of hydrogen-bond donors (Lipinski definition) is 2. The number of aliphatic hydroxyl groups is 1. The molecule has 4 heteroatoms. The summed E-state index contributed by atoms with van der Waals surface area (Å²) >= 11 is 0. The molecule has 1 fully saturated rings. The van der Waals surface area contributed by atoms with Crippen molar-refractivity contribution in [3.63, 3.8) is 0 Å². The summed E-state index contributed by atoms with van der Waals surface area (Å²) in [5, 5.41) is 12.6. The maximum Gasteiger partial charge on any atom is 0.223 e. The lowest BCUT2D eigenvalue weighted by Crippen LogP contribution is -2.51. The van der Waals surface area contributed by atoms with Gasteiger partial charge in [0.25, 0.3) is 0 Å². The molecule has 1 amide bonds. The first-order valence-electron chi connectivity index (χ1n) is 7.76. The lowest BCUT2D eigenvalue weighted by molar-refractivity contribution is -0.127. The molecule has 0 aromatic heterocycles. The van der Waals surface area contributed by atoms with Gasteiger partial charge in [-0.3, -0.25) is 4.79 Å². The Morgan fingerprint density at radius 3 is 2.62 bits per heavy atom. The molecule has 0 spiro atoms. The van der Waals surface area contributed by atoms with Gasteiger partial charge < -0.3 is 15.2 Å². The fraction of sp³-hybridized carbons (Fsp3) is 0.588. The minimum Gasteiger partial charge on any atom is -0.494 e. The lowest BCUT2D eigenvalue weighted by atomic mass is 9.97. The van der Waals surface area contributed by atoms with Crippen LogP contribution >= 0.6 is 0 Å². The van der Waals surface area contributed by atoms with Crippen LogP contribution in [0.15, 0.2) is 30.3 Å². The zero-order valence-corrected chi connectivity index (χ0v) is 12.7. The quantitative estimate of drug-likeness (QED) is 0.811. The Bertz CT molecular complexity index is 441. The molecule has 1 aliphatic rings. The molecule has 116 valence electrons. The number of carbonyl (C=O) groups is 1. The molecule has 1 aromatic rings. The minimum absolute atomic E-state index is 0.0163. The van der Waals surface area contributed by atoms with Gasteiger partial charge in [-0.25, -0.2) is 0 Å². The van der Waals surface area contributed by atoms with E-state index in [1.165, 1.54) is 0 Å². The Hall–Kier alpha value is -1.55. The monoisotopic (exact) mass is 291 g/mol. The highest BCUT2D eigenvalue weighted by Gasteiger charge is 2.35. The fourth-order valence-electron chi connectivity index (χ4n) is 2.76. The predicted octanol–water partition coefficient (Wildman–Crippen LogP) is 2.51. The highest BCUT2D eigenvalue weighted by Crippen LogP contribution is 2.29. The smallest absolute Gasteiger partial charge is 0.223 e. The molecule has 2 N–H and O–H groups in total. The summed E-state index contributed by atoms with van der Waals surface area (Å²) in [5.41, 5.74) is -0.383. The van der Waals surface area contributed by atoms with Gasteiger partial charge in [0.2, 0.25) is 5.91 Å². The summed E-state index contributed by atoms with van der Waals surface area (Å²) in [7, 11) is 0. The third kappa shape index (κ3) is 4.46. The van der Waals surface area contributed by atoms with E-state index in [-0.39, 0.29) is 24.0 Å². The molecule has 21 heavy (non-hydrogen) atoms. The summed E-state index contributed by atoms with van der Waals surface area (Å²) in [6.45, 7) is 2.46. The first-order valence-corrected chi connectivity index (χ1v) is 7.76. The number of amides is 1. The van der Waals surface area contributed by atoms with E-state index >= 15 is 0 Å². The van der Waals surface area contributed by atoms with Crippen LogP contribution in [0.5, 0.6) is 5.75 Å². The van der Waals surface area contributed by atoms with Gasteiger partial charge in [-0.2, -0.15) is 0 Å². The second kappa shape index (κ2) is 7.46. The Morgan fingerprint density at radius 1 is 1.33 bits per heavy atom. The number of ether oxygens (including phenoxy) is 1. The first-order chi connectivity index (χ1) is 10.2. The van der Waals surface area contributed by atoms with Crippen molar-refractivity contribution in [2.75, 3.05) is 13.2 Å². The molecular weight excluding hydrogens is 266 g/mol. The topological polar surface area (TPSA) is 58.6 Å². The van der Waals surface area contributed by atoms with Gasteiger partial charge >= 0.3 is 0 Å². The molecule has 0 heterocycles. The molecule has 0 radical (unpaired) electrons. The average Bonchev–Trinajstić information content (AvgIpc) is 2.97. The van der Waals surface area contributed by atoms with E-state index in [4.69, 9.17) is 4.74 Å². The van der Waals surface area contributed by atoms with Crippen LogP contribution in [0.1, 0.15) is 39.0 Å². The number of hydrogen-bond acceptors (Lipinski definition) is 3. The van der Waals surface area contributed by atoms with E-state index in [2.05, 4.69) is 5.32 Å². The highest BCUT2D eigenvalue weighted by atomic mass is 16.5. The molecular formula is C17H25NO3. The summed E-state index contributed by atoms with van der Waals surface area (Å²) in [6, 6.07) is 9.61. The third-order valence-electron chi connectivity index (χ3n) is 4.26. The van der Waals surface area contributed by atoms with Crippen LogP contribution in [0.25, 0.3) is 0 Å². The molecule has 4 nitrogen and oxygen atoms in total. The van der Waals surface area contributed by atoms with E-state index < -0.39 is 0 Å². The first kappa shape index (κ1) is 15.8. The van der Waals surface area contributed by atoms with Crippen LogP contribution in [-0.2, 0) is 4.79 Å². The standard InChI is InChI=1S/C17H25NO3/c1-14(9-12-21-15-7-3-2-4-8-15)16(20)18-17(13-19)10-5-6-11-17/h2-4,7-8,14,19H,5-6,9-13H2,1H3,(H,18,20). The van der Waals surface area contributed by atoms with Crippen molar-refractivity contribution >= 4 is 5.91 Å². The zero-order valence-electron chi connectivity index (χ0n) is 12.7. The number of nitrogens with one attached hydrogen (secondary N) is 1. The van der Waals surface area contributed by atoms with E-state index in [0.717, 1.165) is 31.4 Å². The highest BCUT2D eigenvalue weighted by molar-refractivity contribution is 5.79. The van der Waals surface area contributed by atoms with E-state index in [0.29, 0.717) is 13.0 Å². The summed E-state index contributed by atoms with van der Waals surface area (Å²) in [6.07, 6.45) is 4.58. The van der Waals surface area contributed by atoms with Gasteiger partial charge in [0.05, 0.1) is 18.8 Å². The normalized spacial score (nSPS) is 18.2. The second-order valence-electron chi connectivity index (χ2n) is 5.99. The van der Waals surface area contributed by atoms with Crippen molar-refractivity contribution in [3.8, 4) is 5.75 Å². The maximum atomic E-state index is 12.2. The van der Waals surface area contributed by atoms with Gasteiger partial charge in [-0.15, -0.1) is 0 Å². The number of aliphatic hydroxyl groups excluding tert-OH is 1. The summed E-state index contributed by atoms with van der Waals surface area (Å²) in [5.74, 6) is 0.730. The van der Waals surface area contributed by atoms with Crippen LogP contribution in [0, 0.1) is 5.92 Å². The van der Waals surface area contributed by atoms with Crippen molar-refractivity contribution in [2.45, 2.75) is 44.6 Å². The Balaban J connectivity index is 1.75. The SMILES string of the molecule is CC(CCOc1ccccc1)C(=O)NC1(CO)CCCC1. The van der Waals surface area contributed by atoms with Crippen molar-refractivity contribution in [1.82, 2.24) is 5.32 Å². The van der Waals surface area contributed by atoms with Crippen molar-refractivity contribution in [1.29, 1.82) is 0 Å². The number of carbonyl (C=O) groups excluding carboxylic acids is 1. The summed E-state index contributed by atoms with van der Waals surface area (Å²) < 4.78 is 5.62. The molecule has 2 rings (SSSR count). The number of rotatable bonds is 7. The van der Waals surface area contributed by atoms with Gasteiger partial charge in [-0.05, 0) is 31.4 Å². The molecule has 1 unspecified atom stereocenters. The van der Waals surface area contributed by atoms with E-state index in [1.54, 1.807) is 0 Å². The Morgan fingerprint density at radius 2 is 2.00 bits per heavy atom. The van der Waals surface area contributed by atoms with Crippen LogP contribution in [0.4, 0.5) is 0 Å². The zero-order chi connectivity index (χ0) is 15.1. The van der Waals surface area contributed by atoms with Crippen molar-refractivity contribution in [2.24, 2.45) is 5.92 Å². The largest absolute Gasteiger partial charge is 0.494 e. The fourth-order valence-corrected chi connectivity index (χ4v) is 2.76. The Kier molecular flexibility index (Phi) is 5.62. The van der Waals surface area contributed by atoms with Gasteiger partial charge in [0, 0.05) is 5.92 Å². The molecule has 0 saturated heterocycles. The van der Waals surface area contributed by atoms with Gasteiger partial charge in [0.15, 0.2) is 0 Å². The minimum atomic E-state index is -0.383. The number of benzene rings is 1. The Labute approximate surface area is 126 Å². The van der Waals surface area contributed by atoms with Gasteiger partial charge in [0.1, 0.15) is 5.75 Å². The molecule has 1 saturated carbocycles. The van der Waals surface area contributed by atoms with Gasteiger partial charge in [-0.1, -0.05) is 38.0 Å². The lowest BCUT2D eigenvalue weighted by Gasteiger charge is -2.29. The molecule has 1 aliphatic carbocycles. The van der Waals surface area contributed by atoms with Crippen molar-refractivity contribution in [3.05, 3.63) is 30.3 Å². The average molecular weight is 291 g/mol. The molecule has 0 aliphatic heterocycles. The van der Waals surface area contributed by atoms with Crippen LogP contribution in [0.3, 0.4) is 0 Å². The van der Waals surface area contributed by atoms with Crippen LogP contribution in [-0.4, -0.2) is 29.8 Å². The third-order valence-corrected chi connectivity index (χ3v) is 4.26. The van der Waals surface area contributed by atoms with E-state index in [1.807, 2.05) is 37.3 Å². The summed E-state index contributed by atoms with van der Waals surface area (Å²) in [4.78, 5) is 12.2. The van der Waals surface area contributed by atoms with Crippen LogP contribution in [0.2, 0.25) is 0 Å². The molecule has 1 atom stereocenters. The molecule has 1 aromatic carbocycles. The molecule has 0 bridgehead atoms. The van der Waals surface area contributed by atoms with Crippen molar-refractivity contribution < 1.29 is 14.6 Å². The number of para-hydroxylation sites is 1. The maximum absolute atomic E-state index is 12.2. The van der Waals surface area contributed by atoms with E-state index in [9.17, 15) is 9.90 Å².